The van der Waals surface area contributed by atoms with E-state index in [0.717, 1.165) is 47.8 Å². The van der Waals surface area contributed by atoms with Crippen molar-refractivity contribution in [1.82, 2.24) is 0 Å². The first kappa shape index (κ1) is 28.5. The van der Waals surface area contributed by atoms with E-state index in [2.05, 4.69) is 68.4 Å². The molecule has 0 saturated carbocycles. The minimum atomic E-state index is 0.871. The number of unbranched alkanes of at least 4 members (excludes halogenated alkanes) is 2. The summed E-state index contributed by atoms with van der Waals surface area (Å²) in [5.74, 6) is 0. The Morgan fingerprint density at radius 1 is 0.590 bits per heavy atom. The molecule has 0 N–H and O–H groups in total. The lowest BCUT2D eigenvalue weighted by Crippen LogP contribution is -2.25. The zero-order valence-corrected chi connectivity index (χ0v) is 24.9. The van der Waals surface area contributed by atoms with E-state index in [4.69, 9.17) is 0 Å². The molecule has 2 aromatic carbocycles. The number of nitrogens with zero attached hydrogens (tertiary/aromatic N) is 8. The summed E-state index contributed by atoms with van der Waals surface area (Å²) in [6.07, 6.45) is 7.50. The van der Waals surface area contributed by atoms with Crippen molar-refractivity contribution in [1.29, 1.82) is 0 Å². The van der Waals surface area contributed by atoms with Gasteiger partial charge in [0.15, 0.2) is 0 Å². The molecule has 0 amide bonds. The van der Waals surface area contributed by atoms with Crippen LogP contribution in [0.25, 0.3) is 0 Å². The number of aromatic nitrogens is 2. The fourth-order valence-corrected chi connectivity index (χ4v) is 5.59. The highest BCUT2D eigenvalue weighted by Gasteiger charge is 2.10. The van der Waals surface area contributed by atoms with Crippen molar-refractivity contribution in [3.63, 3.8) is 0 Å². The van der Waals surface area contributed by atoms with Crippen molar-refractivity contribution in [2.45, 2.75) is 33.1 Å². The molecule has 0 unspecified atom stereocenters. The number of rotatable bonds is 14. The molecule has 4 rings (SSSR count). The van der Waals surface area contributed by atoms with Gasteiger partial charge in [-0.15, -0.1) is 0 Å². The third kappa shape index (κ3) is 8.24. The molecule has 39 heavy (non-hydrogen) atoms. The molecule has 0 aliphatic rings. The fourth-order valence-electron chi connectivity index (χ4n) is 4.23. The van der Waals surface area contributed by atoms with Crippen LogP contribution < -0.4 is 18.9 Å². The Balaban J connectivity index is 1.21. The standard InChI is InChI=1S/C29H38N8S2/c1-5-36(26-14-10-24(11-15-26)30-32-28-34(3)20-22-38-28)18-8-7-9-19-37(6-2)27-16-12-25(13-17-27)31-33-29-35(4)21-23-39-29/h10-17,20-23H,5-9,18-19H2,1-4H3/q+2. The summed E-state index contributed by atoms with van der Waals surface area (Å²) in [5.41, 5.74) is 4.21. The highest BCUT2D eigenvalue weighted by molar-refractivity contribution is 7.13. The van der Waals surface area contributed by atoms with Crippen LogP contribution >= 0.6 is 22.7 Å². The van der Waals surface area contributed by atoms with Crippen LogP contribution in [0.3, 0.4) is 0 Å². The number of thiazole rings is 2. The van der Waals surface area contributed by atoms with Crippen molar-refractivity contribution in [2.75, 3.05) is 36.0 Å². The molecule has 0 saturated heterocycles. The van der Waals surface area contributed by atoms with E-state index in [1.807, 2.05) is 70.6 Å². The summed E-state index contributed by atoms with van der Waals surface area (Å²) in [7, 11) is 3.96. The van der Waals surface area contributed by atoms with Crippen LogP contribution in [0.1, 0.15) is 33.1 Å². The Bertz CT molecular complexity index is 1240. The highest BCUT2D eigenvalue weighted by Crippen LogP contribution is 2.24. The number of aryl methyl sites for hydroxylation is 2. The van der Waals surface area contributed by atoms with Crippen molar-refractivity contribution >= 4 is 55.7 Å². The van der Waals surface area contributed by atoms with Gasteiger partial charge in [0, 0.05) is 48.3 Å². The number of hydrogen-bond acceptors (Lipinski definition) is 8. The lowest BCUT2D eigenvalue weighted by Gasteiger charge is -2.25. The van der Waals surface area contributed by atoms with Crippen LogP contribution in [-0.4, -0.2) is 26.2 Å². The molecular formula is C29H38N8S2+2. The van der Waals surface area contributed by atoms with Gasteiger partial charge in [-0.3, -0.25) is 0 Å². The zero-order chi connectivity index (χ0) is 27.5. The van der Waals surface area contributed by atoms with Gasteiger partial charge in [0.25, 0.3) is 0 Å². The molecule has 0 atom stereocenters. The van der Waals surface area contributed by atoms with Crippen LogP contribution in [0.5, 0.6) is 0 Å². The van der Waals surface area contributed by atoms with Gasteiger partial charge in [0.05, 0.1) is 24.3 Å². The molecule has 0 bridgehead atoms. The van der Waals surface area contributed by atoms with E-state index in [0.29, 0.717) is 0 Å². The fraction of sp³-hybridized carbons (Fsp3) is 0.379. The van der Waals surface area contributed by atoms with Gasteiger partial charge in [-0.05, 0) is 115 Å². The second-order valence-corrected chi connectivity index (χ2v) is 11.0. The minimum absolute atomic E-state index is 0.871. The third-order valence-corrected chi connectivity index (χ3v) is 8.25. The highest BCUT2D eigenvalue weighted by atomic mass is 32.1. The molecule has 0 aliphatic carbocycles. The smallest absolute Gasteiger partial charge is 0.372 e. The van der Waals surface area contributed by atoms with Gasteiger partial charge in [0.2, 0.25) is 0 Å². The number of benzene rings is 2. The average Bonchev–Trinajstić information content (AvgIpc) is 3.58. The first-order valence-electron chi connectivity index (χ1n) is 13.5. The molecule has 204 valence electrons. The molecule has 0 fully saturated rings. The monoisotopic (exact) mass is 562 g/mol. The van der Waals surface area contributed by atoms with Gasteiger partial charge in [-0.1, -0.05) is 0 Å². The normalized spacial score (nSPS) is 11.6. The maximum Gasteiger partial charge on any atom is 0.408 e. The van der Waals surface area contributed by atoms with E-state index < -0.39 is 0 Å². The summed E-state index contributed by atoms with van der Waals surface area (Å²) in [4.78, 5) is 4.86. The molecule has 0 aliphatic heterocycles. The minimum Gasteiger partial charge on any atom is -0.372 e. The van der Waals surface area contributed by atoms with Crippen molar-refractivity contribution < 1.29 is 9.13 Å². The summed E-state index contributed by atoms with van der Waals surface area (Å²) in [5, 5.41) is 23.3. The Morgan fingerprint density at radius 3 is 1.33 bits per heavy atom. The van der Waals surface area contributed by atoms with Crippen LogP contribution in [-0.2, 0) is 14.1 Å². The first-order valence-corrected chi connectivity index (χ1v) is 15.2. The Hall–Kier alpha value is -3.50. The quantitative estimate of drug-likeness (QED) is 0.0894. The second kappa shape index (κ2) is 14.6. The van der Waals surface area contributed by atoms with Gasteiger partial charge in [-0.25, -0.2) is 9.13 Å². The molecular weight excluding hydrogens is 525 g/mol. The maximum absolute atomic E-state index is 4.38. The van der Waals surface area contributed by atoms with Gasteiger partial charge in [0.1, 0.15) is 23.8 Å². The number of hydrogen-bond donors (Lipinski definition) is 0. The van der Waals surface area contributed by atoms with Crippen molar-refractivity contribution in [3.8, 4) is 0 Å². The third-order valence-electron chi connectivity index (χ3n) is 6.57. The molecule has 2 aromatic heterocycles. The molecule has 2 heterocycles. The van der Waals surface area contributed by atoms with E-state index in [1.54, 1.807) is 22.7 Å². The molecule has 0 spiro atoms. The lowest BCUT2D eigenvalue weighted by atomic mass is 10.2. The summed E-state index contributed by atoms with van der Waals surface area (Å²) in [6.45, 7) is 8.51. The van der Waals surface area contributed by atoms with Gasteiger partial charge in [-0.2, -0.15) is 0 Å². The van der Waals surface area contributed by atoms with E-state index in [-0.39, 0.29) is 0 Å². The van der Waals surface area contributed by atoms with Gasteiger partial charge < -0.3 is 9.80 Å². The second-order valence-electron chi connectivity index (χ2n) is 9.25. The molecule has 8 nitrogen and oxygen atoms in total. The number of anilines is 2. The Morgan fingerprint density at radius 2 is 1.00 bits per heavy atom. The summed E-state index contributed by atoms with van der Waals surface area (Å²) >= 11 is 3.16. The van der Waals surface area contributed by atoms with Crippen LogP contribution in [0.4, 0.5) is 33.0 Å². The Kier molecular flexibility index (Phi) is 10.7. The molecule has 10 heteroatoms. The summed E-state index contributed by atoms with van der Waals surface area (Å²) < 4.78 is 3.94. The lowest BCUT2D eigenvalue weighted by molar-refractivity contribution is -0.654. The van der Waals surface area contributed by atoms with Crippen LogP contribution in [0.2, 0.25) is 0 Å². The maximum atomic E-state index is 4.38. The predicted molar refractivity (Wildman–Crippen MR) is 162 cm³/mol. The van der Waals surface area contributed by atoms with Crippen LogP contribution in [0.15, 0.2) is 92.1 Å². The van der Waals surface area contributed by atoms with Gasteiger partial charge >= 0.3 is 10.3 Å². The SMILES string of the molecule is CCN(CCCCCN(CC)c1ccc(N=Nc2scc[n+]2C)cc1)c1ccc(N=Nc2scc[n+]2C)cc1. The first-order chi connectivity index (χ1) is 19.1. The van der Waals surface area contributed by atoms with E-state index >= 15 is 0 Å². The van der Waals surface area contributed by atoms with Crippen molar-refractivity contribution in [2.24, 2.45) is 34.6 Å². The van der Waals surface area contributed by atoms with Crippen molar-refractivity contribution in [3.05, 3.63) is 71.7 Å². The van der Waals surface area contributed by atoms with E-state index in [9.17, 15) is 0 Å². The van der Waals surface area contributed by atoms with E-state index in [1.165, 1.54) is 30.6 Å². The number of azo groups is 2. The largest absolute Gasteiger partial charge is 0.408 e. The Labute approximate surface area is 239 Å². The predicted octanol–water partition coefficient (Wildman–Crippen LogP) is 7.81. The van der Waals surface area contributed by atoms with Crippen LogP contribution in [0, 0.1) is 0 Å². The molecule has 0 radical (unpaired) electrons. The molecule has 4 aromatic rings. The zero-order valence-electron chi connectivity index (χ0n) is 23.3. The topological polar surface area (TPSA) is 63.7 Å². The average molecular weight is 563 g/mol. The summed E-state index contributed by atoms with van der Waals surface area (Å²) in [6, 6.07) is 16.8.